The molecule has 7 nitrogen and oxygen atoms in total. The van der Waals surface area contributed by atoms with E-state index in [1.54, 1.807) is 18.2 Å². The van der Waals surface area contributed by atoms with Crippen LogP contribution in [0.2, 0.25) is 0 Å². The summed E-state index contributed by atoms with van der Waals surface area (Å²) in [6, 6.07) is 7.04. The molecule has 2 rings (SSSR count). The third kappa shape index (κ3) is 5.47. The van der Waals surface area contributed by atoms with Crippen molar-refractivity contribution in [2.75, 3.05) is 31.5 Å². The van der Waals surface area contributed by atoms with Crippen molar-refractivity contribution >= 4 is 17.6 Å². The number of likely N-dealkylation sites (tertiary alicyclic amines) is 1. The lowest BCUT2D eigenvalue weighted by Crippen LogP contribution is -2.44. The quantitative estimate of drug-likeness (QED) is 0.725. The molecule has 0 unspecified atom stereocenters. The first-order chi connectivity index (χ1) is 12.0. The minimum atomic E-state index is -0.275. The number of nitriles is 1. The Morgan fingerprint density at radius 2 is 2.24 bits per heavy atom. The summed E-state index contributed by atoms with van der Waals surface area (Å²) in [5.74, 6) is -0.336. The minimum Gasteiger partial charge on any atom is -0.369 e. The van der Waals surface area contributed by atoms with Gasteiger partial charge in [0.15, 0.2) is 0 Å². The van der Waals surface area contributed by atoms with Gasteiger partial charge in [-0.1, -0.05) is 6.92 Å². The number of primary amides is 1. The van der Waals surface area contributed by atoms with E-state index < -0.39 is 0 Å². The maximum atomic E-state index is 12.1. The number of rotatable bonds is 6. The Bertz CT molecular complexity index is 668. The number of nitrogens with two attached hydrogens (primary N) is 1. The van der Waals surface area contributed by atoms with Crippen molar-refractivity contribution in [1.82, 2.24) is 10.2 Å². The molecule has 0 radical (unpaired) electrons. The van der Waals surface area contributed by atoms with E-state index in [1.807, 2.05) is 6.92 Å². The highest BCUT2D eigenvalue weighted by molar-refractivity contribution is 5.90. The van der Waals surface area contributed by atoms with Gasteiger partial charge in [-0.3, -0.25) is 4.79 Å². The van der Waals surface area contributed by atoms with Crippen LogP contribution in [0.5, 0.6) is 0 Å². The van der Waals surface area contributed by atoms with Gasteiger partial charge in [0.05, 0.1) is 17.6 Å². The molecule has 7 heteroatoms. The molecule has 134 valence electrons. The summed E-state index contributed by atoms with van der Waals surface area (Å²) >= 11 is 0. The molecule has 0 aromatic heterocycles. The molecule has 0 spiro atoms. The zero-order valence-electron chi connectivity index (χ0n) is 14.5. The number of aryl methyl sites for hydroxylation is 1. The molecule has 1 fully saturated rings. The van der Waals surface area contributed by atoms with Gasteiger partial charge in [-0.15, -0.1) is 0 Å². The van der Waals surface area contributed by atoms with Crippen LogP contribution >= 0.6 is 0 Å². The predicted molar refractivity (Wildman–Crippen MR) is 95.9 cm³/mol. The fourth-order valence-electron chi connectivity index (χ4n) is 3.06. The standard InChI is InChI=1S/C18H25N5O2/c1-2-14-10-13(11-19)5-6-16(14)22-18(25)21-7-9-23-8-3-4-15(12-23)17(20)24/h5-6,10,15H,2-4,7-9,12H2,1H3,(H2,20,24)(H2,21,22,25)/t15-/m1/s1. The normalized spacial score (nSPS) is 17.5. The number of carbonyl (C=O) groups excluding carboxylic acids is 2. The molecule has 4 N–H and O–H groups in total. The lowest BCUT2D eigenvalue weighted by atomic mass is 9.97. The average molecular weight is 343 g/mol. The van der Waals surface area contributed by atoms with Crippen LogP contribution in [-0.2, 0) is 11.2 Å². The smallest absolute Gasteiger partial charge is 0.319 e. The lowest BCUT2D eigenvalue weighted by molar-refractivity contribution is -0.123. The molecule has 1 atom stereocenters. The van der Waals surface area contributed by atoms with Crippen LogP contribution in [0.4, 0.5) is 10.5 Å². The van der Waals surface area contributed by atoms with E-state index in [0.29, 0.717) is 30.9 Å². The van der Waals surface area contributed by atoms with Gasteiger partial charge < -0.3 is 21.3 Å². The summed E-state index contributed by atoms with van der Waals surface area (Å²) in [7, 11) is 0. The Morgan fingerprint density at radius 3 is 2.92 bits per heavy atom. The van der Waals surface area contributed by atoms with Gasteiger partial charge in [0.25, 0.3) is 0 Å². The third-order valence-corrected chi connectivity index (χ3v) is 4.48. The van der Waals surface area contributed by atoms with Crippen LogP contribution in [0, 0.1) is 17.2 Å². The summed E-state index contributed by atoms with van der Waals surface area (Å²) in [5.41, 5.74) is 7.59. The number of benzene rings is 1. The highest BCUT2D eigenvalue weighted by Gasteiger charge is 2.23. The molecule has 1 heterocycles. The highest BCUT2D eigenvalue weighted by atomic mass is 16.2. The summed E-state index contributed by atoms with van der Waals surface area (Å²) in [6.07, 6.45) is 2.52. The van der Waals surface area contributed by atoms with Crippen molar-refractivity contribution in [3.05, 3.63) is 29.3 Å². The first kappa shape index (κ1) is 18.7. The molecule has 0 bridgehead atoms. The van der Waals surface area contributed by atoms with Crippen molar-refractivity contribution < 1.29 is 9.59 Å². The summed E-state index contributed by atoms with van der Waals surface area (Å²) in [4.78, 5) is 25.5. The predicted octanol–water partition coefficient (Wildman–Crippen LogP) is 1.44. The first-order valence-electron chi connectivity index (χ1n) is 8.63. The van der Waals surface area contributed by atoms with Crippen LogP contribution in [0.25, 0.3) is 0 Å². The van der Waals surface area contributed by atoms with E-state index in [0.717, 1.165) is 31.4 Å². The highest BCUT2D eigenvalue weighted by Crippen LogP contribution is 2.18. The molecular weight excluding hydrogens is 318 g/mol. The molecule has 1 aliphatic rings. The van der Waals surface area contributed by atoms with Crippen molar-refractivity contribution in [3.63, 3.8) is 0 Å². The monoisotopic (exact) mass is 343 g/mol. The van der Waals surface area contributed by atoms with Gasteiger partial charge in [-0.05, 0) is 49.6 Å². The zero-order chi connectivity index (χ0) is 18.2. The molecule has 1 saturated heterocycles. The van der Waals surface area contributed by atoms with Gasteiger partial charge in [0, 0.05) is 25.3 Å². The van der Waals surface area contributed by atoms with E-state index in [2.05, 4.69) is 21.6 Å². The van der Waals surface area contributed by atoms with Crippen LogP contribution < -0.4 is 16.4 Å². The van der Waals surface area contributed by atoms with Gasteiger partial charge in [0.1, 0.15) is 0 Å². The van der Waals surface area contributed by atoms with E-state index in [-0.39, 0.29) is 17.9 Å². The number of carbonyl (C=O) groups is 2. The third-order valence-electron chi connectivity index (χ3n) is 4.48. The summed E-state index contributed by atoms with van der Waals surface area (Å²) in [5, 5.41) is 14.6. The van der Waals surface area contributed by atoms with Crippen molar-refractivity contribution in [2.24, 2.45) is 11.7 Å². The van der Waals surface area contributed by atoms with Crippen LogP contribution in [0.3, 0.4) is 0 Å². The fourth-order valence-corrected chi connectivity index (χ4v) is 3.06. The number of urea groups is 1. The molecule has 3 amide bonds. The van der Waals surface area contributed by atoms with Crippen molar-refractivity contribution in [1.29, 1.82) is 5.26 Å². The number of nitrogens with zero attached hydrogens (tertiary/aromatic N) is 2. The largest absolute Gasteiger partial charge is 0.369 e. The van der Waals surface area contributed by atoms with E-state index in [9.17, 15) is 9.59 Å². The van der Waals surface area contributed by atoms with Crippen molar-refractivity contribution in [2.45, 2.75) is 26.2 Å². The molecule has 25 heavy (non-hydrogen) atoms. The topological polar surface area (TPSA) is 111 Å². The van der Waals surface area contributed by atoms with E-state index >= 15 is 0 Å². The average Bonchev–Trinajstić information content (AvgIpc) is 2.62. The summed E-state index contributed by atoms with van der Waals surface area (Å²) in [6.45, 7) is 4.74. The maximum absolute atomic E-state index is 12.1. The van der Waals surface area contributed by atoms with Crippen LogP contribution in [-0.4, -0.2) is 43.0 Å². The zero-order valence-corrected chi connectivity index (χ0v) is 14.5. The molecule has 0 aliphatic carbocycles. The van der Waals surface area contributed by atoms with E-state index in [4.69, 9.17) is 11.0 Å². The Morgan fingerprint density at radius 1 is 1.44 bits per heavy atom. The molecule has 1 aromatic rings. The van der Waals surface area contributed by atoms with E-state index in [1.165, 1.54) is 0 Å². The maximum Gasteiger partial charge on any atom is 0.319 e. The Labute approximate surface area is 148 Å². The molecule has 0 saturated carbocycles. The Kier molecular flexibility index (Phi) is 6.78. The number of amides is 3. The lowest BCUT2D eigenvalue weighted by Gasteiger charge is -2.31. The second-order valence-electron chi connectivity index (χ2n) is 6.26. The number of piperidine rings is 1. The molecular formula is C18H25N5O2. The number of anilines is 1. The minimum absolute atomic E-state index is 0.0895. The van der Waals surface area contributed by atoms with Gasteiger partial charge >= 0.3 is 6.03 Å². The second kappa shape index (κ2) is 9.04. The SMILES string of the molecule is CCc1cc(C#N)ccc1NC(=O)NCCN1CCC[C@@H](C(N)=O)C1. The molecule has 1 aromatic carbocycles. The Balaban J connectivity index is 1.79. The number of hydrogen-bond donors (Lipinski definition) is 3. The second-order valence-corrected chi connectivity index (χ2v) is 6.26. The van der Waals surface area contributed by atoms with Crippen LogP contribution in [0.1, 0.15) is 30.9 Å². The summed E-state index contributed by atoms with van der Waals surface area (Å²) < 4.78 is 0. The number of hydrogen-bond acceptors (Lipinski definition) is 4. The first-order valence-corrected chi connectivity index (χ1v) is 8.63. The molecule has 1 aliphatic heterocycles. The Hall–Kier alpha value is -2.59. The van der Waals surface area contributed by atoms with Crippen LogP contribution in [0.15, 0.2) is 18.2 Å². The van der Waals surface area contributed by atoms with Crippen molar-refractivity contribution in [3.8, 4) is 6.07 Å². The van der Waals surface area contributed by atoms with Gasteiger partial charge in [-0.25, -0.2) is 4.79 Å². The fraction of sp³-hybridized carbons (Fsp3) is 0.500. The van der Waals surface area contributed by atoms with Gasteiger partial charge in [0.2, 0.25) is 5.91 Å². The number of nitrogens with one attached hydrogen (secondary N) is 2. The van der Waals surface area contributed by atoms with Gasteiger partial charge in [-0.2, -0.15) is 5.26 Å².